The van der Waals surface area contributed by atoms with Crippen LogP contribution in [0.15, 0.2) is 22.7 Å². The predicted octanol–water partition coefficient (Wildman–Crippen LogP) is 3.20. The highest BCUT2D eigenvalue weighted by molar-refractivity contribution is 9.10. The van der Waals surface area contributed by atoms with Gasteiger partial charge in [0, 0.05) is 4.47 Å². The first kappa shape index (κ1) is 14.5. The van der Waals surface area contributed by atoms with Gasteiger partial charge in [0.25, 0.3) is 5.91 Å². The number of nitrogens with one attached hydrogen (secondary N) is 1. The van der Waals surface area contributed by atoms with Gasteiger partial charge >= 0.3 is 5.97 Å². The number of anilines is 1. The van der Waals surface area contributed by atoms with Crippen LogP contribution in [0.4, 0.5) is 5.13 Å². The lowest BCUT2D eigenvalue weighted by molar-refractivity contribution is -0.148. The number of rotatable bonds is 4. The van der Waals surface area contributed by atoms with E-state index < -0.39 is 0 Å². The lowest BCUT2D eigenvalue weighted by Crippen LogP contribution is -2.21. The SMILES string of the molecule is C[C@@H]1C[C@H]1C(=O)OCC(=O)Nc1nc2ccc(Br)cc2s1. The van der Waals surface area contributed by atoms with Crippen molar-refractivity contribution in [2.75, 3.05) is 11.9 Å². The third kappa shape index (κ3) is 3.41. The molecule has 3 rings (SSSR count). The van der Waals surface area contributed by atoms with Gasteiger partial charge < -0.3 is 4.74 Å². The fourth-order valence-corrected chi connectivity index (χ4v) is 3.44. The maximum Gasteiger partial charge on any atom is 0.309 e. The fourth-order valence-electron chi connectivity index (χ4n) is 2.00. The topological polar surface area (TPSA) is 68.3 Å². The summed E-state index contributed by atoms with van der Waals surface area (Å²) in [6.07, 6.45) is 0.854. The Morgan fingerprint density at radius 3 is 3.00 bits per heavy atom. The zero-order chi connectivity index (χ0) is 15.0. The minimum Gasteiger partial charge on any atom is -0.455 e. The van der Waals surface area contributed by atoms with Crippen LogP contribution >= 0.6 is 27.3 Å². The number of carbonyl (C=O) groups is 2. The van der Waals surface area contributed by atoms with Crippen molar-refractivity contribution in [2.24, 2.45) is 11.8 Å². The molecule has 0 saturated heterocycles. The molecule has 0 unspecified atom stereocenters. The normalized spacial score (nSPS) is 20.3. The minimum absolute atomic E-state index is 0.0300. The second kappa shape index (κ2) is 5.73. The molecule has 2 aromatic rings. The highest BCUT2D eigenvalue weighted by Gasteiger charge is 2.40. The second-order valence-electron chi connectivity index (χ2n) is 5.11. The zero-order valence-corrected chi connectivity index (χ0v) is 13.7. The predicted molar refractivity (Wildman–Crippen MR) is 84.2 cm³/mol. The Bertz CT molecular complexity index is 715. The monoisotopic (exact) mass is 368 g/mol. The summed E-state index contributed by atoms with van der Waals surface area (Å²) in [5, 5.41) is 3.16. The number of ether oxygens (including phenoxy) is 1. The van der Waals surface area contributed by atoms with Gasteiger partial charge in [0.05, 0.1) is 16.1 Å². The quantitative estimate of drug-likeness (QED) is 0.841. The minimum atomic E-state index is -0.366. The van der Waals surface area contributed by atoms with Gasteiger partial charge in [0.15, 0.2) is 11.7 Å². The molecule has 2 atom stereocenters. The molecule has 0 spiro atoms. The van der Waals surface area contributed by atoms with E-state index in [1.807, 2.05) is 25.1 Å². The molecule has 110 valence electrons. The number of fused-ring (bicyclic) bond motifs is 1. The van der Waals surface area contributed by atoms with Gasteiger partial charge in [-0.3, -0.25) is 14.9 Å². The van der Waals surface area contributed by atoms with Crippen LogP contribution in [0.1, 0.15) is 13.3 Å². The van der Waals surface area contributed by atoms with Gasteiger partial charge in [0.2, 0.25) is 0 Å². The van der Waals surface area contributed by atoms with E-state index in [4.69, 9.17) is 4.74 Å². The van der Waals surface area contributed by atoms with Crippen LogP contribution in [-0.4, -0.2) is 23.5 Å². The van der Waals surface area contributed by atoms with E-state index in [-0.39, 0.29) is 24.4 Å². The van der Waals surface area contributed by atoms with Gasteiger partial charge in [0.1, 0.15) is 0 Å². The van der Waals surface area contributed by atoms with Crippen molar-refractivity contribution < 1.29 is 14.3 Å². The van der Waals surface area contributed by atoms with Crippen LogP contribution < -0.4 is 5.32 Å². The van der Waals surface area contributed by atoms with E-state index in [1.54, 1.807) is 0 Å². The van der Waals surface area contributed by atoms with E-state index in [0.717, 1.165) is 21.1 Å². The lowest BCUT2D eigenvalue weighted by atomic mass is 10.3. The van der Waals surface area contributed by atoms with Crippen molar-refractivity contribution in [3.8, 4) is 0 Å². The number of hydrogen-bond acceptors (Lipinski definition) is 5. The van der Waals surface area contributed by atoms with E-state index in [1.165, 1.54) is 11.3 Å². The summed E-state index contributed by atoms with van der Waals surface area (Å²) in [5.41, 5.74) is 0.822. The Kier molecular flexibility index (Phi) is 3.95. The third-order valence-electron chi connectivity index (χ3n) is 3.35. The summed E-state index contributed by atoms with van der Waals surface area (Å²) in [7, 11) is 0. The zero-order valence-electron chi connectivity index (χ0n) is 11.3. The Balaban J connectivity index is 1.57. The van der Waals surface area contributed by atoms with Crippen LogP contribution in [0.3, 0.4) is 0 Å². The van der Waals surface area contributed by atoms with Gasteiger partial charge in [-0.1, -0.05) is 34.2 Å². The van der Waals surface area contributed by atoms with Crippen molar-refractivity contribution >= 4 is 54.5 Å². The largest absolute Gasteiger partial charge is 0.455 e. The van der Waals surface area contributed by atoms with E-state index in [2.05, 4.69) is 26.2 Å². The number of aromatic nitrogens is 1. The average Bonchev–Trinajstić information content (AvgIpc) is 3.03. The van der Waals surface area contributed by atoms with Crippen molar-refractivity contribution in [1.29, 1.82) is 0 Å². The summed E-state index contributed by atoms with van der Waals surface area (Å²) in [6.45, 7) is 1.73. The summed E-state index contributed by atoms with van der Waals surface area (Å²) in [5.74, 6) is -0.304. The first-order chi connectivity index (χ1) is 10.0. The molecular formula is C14H13BrN2O3S. The summed E-state index contributed by atoms with van der Waals surface area (Å²) in [6, 6.07) is 5.71. The first-order valence-electron chi connectivity index (χ1n) is 6.55. The molecule has 1 saturated carbocycles. The van der Waals surface area contributed by atoms with Crippen LogP contribution in [0, 0.1) is 11.8 Å². The molecule has 1 amide bonds. The Hall–Kier alpha value is -1.47. The molecule has 21 heavy (non-hydrogen) atoms. The van der Waals surface area contributed by atoms with Gasteiger partial charge in [-0.15, -0.1) is 0 Å². The summed E-state index contributed by atoms with van der Waals surface area (Å²) < 4.78 is 6.92. The molecule has 1 fully saturated rings. The van der Waals surface area contributed by atoms with Crippen molar-refractivity contribution in [2.45, 2.75) is 13.3 Å². The van der Waals surface area contributed by atoms with Crippen molar-refractivity contribution in [1.82, 2.24) is 4.98 Å². The summed E-state index contributed by atoms with van der Waals surface area (Å²) >= 11 is 4.77. The van der Waals surface area contributed by atoms with E-state index in [9.17, 15) is 9.59 Å². The second-order valence-corrected chi connectivity index (χ2v) is 7.05. The van der Waals surface area contributed by atoms with Crippen molar-refractivity contribution in [3.63, 3.8) is 0 Å². The molecular weight excluding hydrogens is 356 g/mol. The molecule has 0 radical (unpaired) electrons. The summed E-state index contributed by atoms with van der Waals surface area (Å²) in [4.78, 5) is 27.6. The lowest BCUT2D eigenvalue weighted by Gasteiger charge is -2.03. The number of amides is 1. The molecule has 1 aromatic heterocycles. The number of halogens is 1. The Morgan fingerprint density at radius 1 is 1.52 bits per heavy atom. The van der Waals surface area contributed by atoms with Crippen LogP contribution in [0.5, 0.6) is 0 Å². The van der Waals surface area contributed by atoms with Crippen molar-refractivity contribution in [3.05, 3.63) is 22.7 Å². The van der Waals surface area contributed by atoms with Crippen LogP contribution in [-0.2, 0) is 14.3 Å². The van der Waals surface area contributed by atoms with E-state index >= 15 is 0 Å². The maximum absolute atomic E-state index is 11.8. The number of hydrogen-bond donors (Lipinski definition) is 1. The van der Waals surface area contributed by atoms with E-state index in [0.29, 0.717) is 11.0 Å². The Morgan fingerprint density at radius 2 is 2.29 bits per heavy atom. The number of esters is 1. The Labute approximate surface area is 133 Å². The standard InChI is InChI=1S/C14H13BrN2O3S/c1-7-4-9(7)13(19)20-6-12(18)17-14-16-10-3-2-8(15)5-11(10)21-14/h2-3,5,7,9H,4,6H2,1H3,(H,16,17,18)/t7-,9-/m1/s1. The first-order valence-corrected chi connectivity index (χ1v) is 8.16. The third-order valence-corrected chi connectivity index (χ3v) is 4.78. The number of carbonyl (C=O) groups excluding carboxylic acids is 2. The van der Waals surface area contributed by atoms with Gasteiger partial charge in [-0.25, -0.2) is 4.98 Å². The number of nitrogens with zero attached hydrogens (tertiary/aromatic N) is 1. The number of benzene rings is 1. The smallest absolute Gasteiger partial charge is 0.309 e. The molecule has 0 bridgehead atoms. The molecule has 7 heteroatoms. The van der Waals surface area contributed by atoms with Gasteiger partial charge in [-0.05, 0) is 30.5 Å². The molecule has 1 aromatic carbocycles. The van der Waals surface area contributed by atoms with Gasteiger partial charge in [-0.2, -0.15) is 0 Å². The molecule has 1 N–H and O–H groups in total. The molecule has 1 aliphatic rings. The fraction of sp³-hybridized carbons (Fsp3) is 0.357. The molecule has 1 heterocycles. The van der Waals surface area contributed by atoms with Crippen LogP contribution in [0.2, 0.25) is 0 Å². The molecule has 1 aliphatic carbocycles. The highest BCUT2D eigenvalue weighted by Crippen LogP contribution is 2.38. The maximum atomic E-state index is 11.8. The van der Waals surface area contributed by atoms with Crippen LogP contribution in [0.25, 0.3) is 10.2 Å². The molecule has 0 aliphatic heterocycles. The molecule has 5 nitrogen and oxygen atoms in total. The number of thiazole rings is 1. The highest BCUT2D eigenvalue weighted by atomic mass is 79.9. The average molecular weight is 369 g/mol.